The minimum absolute atomic E-state index is 0.0441. The van der Waals surface area contributed by atoms with Crippen LogP contribution in [0.1, 0.15) is 11.3 Å². The number of hydrogen-bond donors (Lipinski definition) is 1. The Hall–Kier alpha value is -1.79. The number of aliphatic hydroxyl groups is 1. The molecule has 0 saturated carbocycles. The molecule has 1 N–H and O–H groups in total. The molecule has 0 bridgehead atoms. The van der Waals surface area contributed by atoms with E-state index in [1.165, 1.54) is 17.3 Å². The van der Waals surface area contributed by atoms with Gasteiger partial charge in [0.15, 0.2) is 5.16 Å². The summed E-state index contributed by atoms with van der Waals surface area (Å²) in [4.78, 5) is 18.5. The lowest BCUT2D eigenvalue weighted by Crippen LogP contribution is -2.30. The summed E-state index contributed by atoms with van der Waals surface area (Å²) in [6.07, 6.45) is 2.56. The van der Waals surface area contributed by atoms with E-state index in [0.29, 0.717) is 5.75 Å². The summed E-state index contributed by atoms with van der Waals surface area (Å²) in [6.45, 7) is 0.707. The van der Waals surface area contributed by atoms with E-state index in [4.69, 9.17) is 5.11 Å². The third kappa shape index (κ3) is 2.69. The molecular formula is C15H17N3O2S. The van der Waals surface area contributed by atoms with Gasteiger partial charge in [-0.2, -0.15) is 0 Å². The SMILES string of the molecule is Cn1c(CO)cnc1SCC(=O)N1CCc2ccccc21. The molecule has 21 heavy (non-hydrogen) atoms. The second-order valence-electron chi connectivity index (χ2n) is 4.96. The molecule has 2 heterocycles. The van der Waals surface area contributed by atoms with Crippen LogP contribution in [0.2, 0.25) is 0 Å². The molecular weight excluding hydrogens is 286 g/mol. The number of nitrogens with zero attached hydrogens (tertiary/aromatic N) is 3. The first-order valence-electron chi connectivity index (χ1n) is 6.83. The molecule has 1 aromatic heterocycles. The Kier molecular flexibility index (Phi) is 3.98. The average Bonchev–Trinajstić information content (AvgIpc) is 3.08. The Morgan fingerprint density at radius 3 is 3.00 bits per heavy atom. The highest BCUT2D eigenvalue weighted by Gasteiger charge is 2.24. The molecule has 1 aliphatic rings. The standard InChI is InChI=1S/C15H17N3O2S/c1-17-12(9-19)8-16-15(17)21-10-14(20)18-7-6-11-4-2-3-5-13(11)18/h2-5,8,19H,6-7,9-10H2,1H3. The largest absolute Gasteiger partial charge is 0.390 e. The van der Waals surface area contributed by atoms with Gasteiger partial charge in [0, 0.05) is 19.3 Å². The summed E-state index contributed by atoms with van der Waals surface area (Å²) in [6, 6.07) is 8.04. The van der Waals surface area contributed by atoms with Crippen molar-refractivity contribution in [1.29, 1.82) is 0 Å². The molecule has 110 valence electrons. The van der Waals surface area contributed by atoms with Crippen LogP contribution in [-0.2, 0) is 24.9 Å². The second kappa shape index (κ2) is 5.91. The van der Waals surface area contributed by atoms with E-state index in [9.17, 15) is 4.79 Å². The second-order valence-corrected chi connectivity index (χ2v) is 5.90. The van der Waals surface area contributed by atoms with Gasteiger partial charge < -0.3 is 14.6 Å². The molecule has 5 nitrogen and oxygen atoms in total. The fourth-order valence-corrected chi connectivity index (χ4v) is 3.35. The number of carbonyl (C=O) groups is 1. The van der Waals surface area contributed by atoms with E-state index < -0.39 is 0 Å². The summed E-state index contributed by atoms with van der Waals surface area (Å²) in [5.41, 5.74) is 3.01. The molecule has 1 amide bonds. The van der Waals surface area contributed by atoms with Gasteiger partial charge in [-0.15, -0.1) is 0 Å². The van der Waals surface area contributed by atoms with E-state index in [2.05, 4.69) is 11.1 Å². The highest BCUT2D eigenvalue weighted by Crippen LogP contribution is 2.28. The first-order valence-corrected chi connectivity index (χ1v) is 7.82. The Labute approximate surface area is 127 Å². The summed E-state index contributed by atoms with van der Waals surface area (Å²) in [5, 5.41) is 9.90. The molecule has 0 spiro atoms. The van der Waals surface area contributed by atoms with E-state index >= 15 is 0 Å². The normalized spacial score (nSPS) is 13.5. The highest BCUT2D eigenvalue weighted by atomic mass is 32.2. The van der Waals surface area contributed by atoms with Crippen LogP contribution in [0.3, 0.4) is 0 Å². The van der Waals surface area contributed by atoms with Crippen LogP contribution in [0.25, 0.3) is 0 Å². The Balaban J connectivity index is 1.66. The van der Waals surface area contributed by atoms with E-state index in [1.54, 1.807) is 6.20 Å². The molecule has 0 radical (unpaired) electrons. The molecule has 0 atom stereocenters. The van der Waals surface area contributed by atoms with Crippen LogP contribution in [0.15, 0.2) is 35.6 Å². The van der Waals surface area contributed by atoms with Gasteiger partial charge in [0.25, 0.3) is 0 Å². The third-order valence-electron chi connectivity index (χ3n) is 3.72. The predicted molar refractivity (Wildman–Crippen MR) is 82.4 cm³/mol. The zero-order valence-electron chi connectivity index (χ0n) is 11.8. The van der Waals surface area contributed by atoms with Gasteiger partial charge in [0.2, 0.25) is 5.91 Å². The molecule has 0 aliphatic carbocycles. The van der Waals surface area contributed by atoms with Crippen LogP contribution in [0, 0.1) is 0 Å². The fourth-order valence-electron chi connectivity index (χ4n) is 2.51. The van der Waals surface area contributed by atoms with Crippen molar-refractivity contribution in [1.82, 2.24) is 9.55 Å². The lowest BCUT2D eigenvalue weighted by Gasteiger charge is -2.16. The molecule has 3 rings (SSSR count). The minimum atomic E-state index is -0.0441. The maximum Gasteiger partial charge on any atom is 0.237 e. The van der Waals surface area contributed by atoms with Crippen molar-refractivity contribution < 1.29 is 9.90 Å². The molecule has 6 heteroatoms. The number of thioether (sulfide) groups is 1. The molecule has 1 aromatic carbocycles. The number of rotatable bonds is 4. The average molecular weight is 303 g/mol. The maximum absolute atomic E-state index is 12.4. The maximum atomic E-state index is 12.4. The number of hydrogen-bond acceptors (Lipinski definition) is 4. The van der Waals surface area contributed by atoms with E-state index in [-0.39, 0.29) is 12.5 Å². The summed E-state index contributed by atoms with van der Waals surface area (Å²) < 4.78 is 1.82. The van der Waals surface area contributed by atoms with Crippen molar-refractivity contribution >= 4 is 23.4 Å². The number of para-hydroxylation sites is 1. The number of imidazole rings is 1. The number of fused-ring (bicyclic) bond motifs is 1. The zero-order chi connectivity index (χ0) is 14.8. The predicted octanol–water partition coefficient (Wildman–Crippen LogP) is 1.59. The van der Waals surface area contributed by atoms with Crippen molar-refractivity contribution in [3.8, 4) is 0 Å². The minimum Gasteiger partial charge on any atom is -0.390 e. The number of anilines is 1. The lowest BCUT2D eigenvalue weighted by molar-refractivity contribution is -0.116. The fraction of sp³-hybridized carbons (Fsp3) is 0.333. The summed E-state index contributed by atoms with van der Waals surface area (Å²) in [7, 11) is 1.84. The van der Waals surface area contributed by atoms with Crippen LogP contribution >= 0.6 is 11.8 Å². The quantitative estimate of drug-likeness (QED) is 0.872. The third-order valence-corrected chi connectivity index (χ3v) is 4.75. The van der Waals surface area contributed by atoms with Crippen LogP contribution in [0.5, 0.6) is 0 Å². The Morgan fingerprint density at radius 2 is 2.24 bits per heavy atom. The van der Waals surface area contributed by atoms with Gasteiger partial charge in [-0.3, -0.25) is 4.79 Å². The zero-order valence-corrected chi connectivity index (χ0v) is 12.6. The highest BCUT2D eigenvalue weighted by molar-refractivity contribution is 7.99. The van der Waals surface area contributed by atoms with Crippen molar-refractivity contribution in [3.05, 3.63) is 41.7 Å². The van der Waals surface area contributed by atoms with E-state index in [0.717, 1.165) is 29.5 Å². The molecule has 2 aromatic rings. The van der Waals surface area contributed by atoms with Crippen molar-refractivity contribution in [3.63, 3.8) is 0 Å². The molecule has 0 unspecified atom stereocenters. The van der Waals surface area contributed by atoms with Gasteiger partial charge in [-0.25, -0.2) is 4.98 Å². The van der Waals surface area contributed by atoms with Crippen molar-refractivity contribution in [2.45, 2.75) is 18.2 Å². The first-order chi connectivity index (χ1) is 10.2. The van der Waals surface area contributed by atoms with Gasteiger partial charge in [-0.05, 0) is 18.1 Å². The van der Waals surface area contributed by atoms with Crippen molar-refractivity contribution in [2.24, 2.45) is 7.05 Å². The Morgan fingerprint density at radius 1 is 1.43 bits per heavy atom. The van der Waals surface area contributed by atoms with Crippen molar-refractivity contribution in [2.75, 3.05) is 17.2 Å². The first kappa shape index (κ1) is 14.2. The lowest BCUT2D eigenvalue weighted by atomic mass is 10.2. The van der Waals surface area contributed by atoms with Crippen LogP contribution in [-0.4, -0.2) is 32.9 Å². The topological polar surface area (TPSA) is 58.4 Å². The number of benzene rings is 1. The summed E-state index contributed by atoms with van der Waals surface area (Å²) >= 11 is 1.40. The summed E-state index contributed by atoms with van der Waals surface area (Å²) in [5.74, 6) is 0.447. The molecule has 0 saturated heterocycles. The Bertz CT molecular complexity index is 669. The van der Waals surface area contributed by atoms with Gasteiger partial charge >= 0.3 is 0 Å². The number of carbonyl (C=O) groups excluding carboxylic acids is 1. The number of amides is 1. The van der Waals surface area contributed by atoms with Gasteiger partial charge in [0.1, 0.15) is 0 Å². The number of aromatic nitrogens is 2. The van der Waals surface area contributed by atoms with Gasteiger partial charge in [-0.1, -0.05) is 30.0 Å². The van der Waals surface area contributed by atoms with Crippen LogP contribution in [0.4, 0.5) is 5.69 Å². The van der Waals surface area contributed by atoms with E-state index in [1.807, 2.05) is 34.7 Å². The molecule has 0 fully saturated rings. The monoisotopic (exact) mass is 303 g/mol. The van der Waals surface area contributed by atoms with Gasteiger partial charge in [0.05, 0.1) is 24.3 Å². The molecule has 1 aliphatic heterocycles. The number of aliphatic hydroxyl groups excluding tert-OH is 1. The van der Waals surface area contributed by atoms with Crippen LogP contribution < -0.4 is 4.90 Å². The smallest absolute Gasteiger partial charge is 0.237 e.